The third-order valence-corrected chi connectivity index (χ3v) is 3.88. The molecule has 104 valence electrons. The van der Waals surface area contributed by atoms with Gasteiger partial charge in [0, 0.05) is 5.69 Å². The van der Waals surface area contributed by atoms with Crippen LogP contribution in [0.5, 0.6) is 5.75 Å². The van der Waals surface area contributed by atoms with Crippen LogP contribution in [0, 0.1) is 0 Å². The van der Waals surface area contributed by atoms with E-state index in [1.165, 1.54) is 11.1 Å². The van der Waals surface area contributed by atoms with Crippen molar-refractivity contribution in [2.24, 2.45) is 0 Å². The van der Waals surface area contributed by atoms with Crippen LogP contribution in [0.3, 0.4) is 0 Å². The molecule has 1 fully saturated rings. The van der Waals surface area contributed by atoms with Crippen molar-refractivity contribution in [2.45, 2.75) is 12.3 Å². The average molecular weight is 269 g/mol. The van der Waals surface area contributed by atoms with Crippen molar-refractivity contribution in [3.05, 3.63) is 59.7 Å². The average Bonchev–Trinajstić information content (AvgIpc) is 2.42. The Kier molecular flexibility index (Phi) is 3.36. The summed E-state index contributed by atoms with van der Waals surface area (Å²) in [6.45, 7) is 4.10. The van der Waals surface area contributed by atoms with Crippen LogP contribution >= 0.6 is 0 Å². The van der Waals surface area contributed by atoms with Crippen molar-refractivity contribution in [3.8, 4) is 5.75 Å². The Labute approximate surface area is 119 Å². The molecule has 0 aromatic heterocycles. The molecule has 0 amide bonds. The Morgan fingerprint density at radius 2 is 1.55 bits per heavy atom. The maximum Gasteiger partial charge on any atom is 0.119 e. The maximum absolute atomic E-state index is 5.77. The molecule has 2 N–H and O–H groups in total. The molecule has 2 aromatic rings. The van der Waals surface area contributed by atoms with Crippen LogP contribution < -0.4 is 10.5 Å². The van der Waals surface area contributed by atoms with E-state index in [9.17, 15) is 0 Å². The van der Waals surface area contributed by atoms with Crippen molar-refractivity contribution in [1.29, 1.82) is 0 Å². The molecule has 0 atom stereocenters. The molecule has 20 heavy (non-hydrogen) atoms. The Morgan fingerprint density at radius 3 is 2.00 bits per heavy atom. The van der Waals surface area contributed by atoms with Crippen molar-refractivity contribution < 1.29 is 9.47 Å². The van der Waals surface area contributed by atoms with Crippen LogP contribution in [-0.4, -0.2) is 19.8 Å². The van der Waals surface area contributed by atoms with Crippen LogP contribution in [0.2, 0.25) is 0 Å². The minimum atomic E-state index is -0.0432. The van der Waals surface area contributed by atoms with Crippen molar-refractivity contribution in [2.75, 3.05) is 25.6 Å². The quantitative estimate of drug-likeness (QED) is 0.868. The van der Waals surface area contributed by atoms with Gasteiger partial charge in [-0.2, -0.15) is 0 Å². The molecule has 0 unspecified atom stereocenters. The molecular weight excluding hydrogens is 250 g/mol. The highest BCUT2D eigenvalue weighted by atomic mass is 16.5. The third kappa shape index (κ3) is 2.14. The van der Waals surface area contributed by atoms with Gasteiger partial charge in [-0.15, -0.1) is 0 Å². The van der Waals surface area contributed by atoms with Crippen molar-refractivity contribution in [1.82, 2.24) is 0 Å². The fourth-order valence-electron chi connectivity index (χ4n) is 2.65. The normalized spacial score (nSPS) is 16.4. The maximum atomic E-state index is 5.77. The van der Waals surface area contributed by atoms with Gasteiger partial charge >= 0.3 is 0 Å². The highest BCUT2D eigenvalue weighted by molar-refractivity contribution is 5.48. The number of anilines is 1. The van der Waals surface area contributed by atoms with Gasteiger partial charge in [0.25, 0.3) is 0 Å². The van der Waals surface area contributed by atoms with Crippen LogP contribution in [0.1, 0.15) is 18.1 Å². The molecule has 1 aliphatic rings. The second kappa shape index (κ2) is 5.17. The first-order valence-electron chi connectivity index (χ1n) is 6.92. The standard InChI is InChI=1S/C17H19NO2/c1-2-20-16-9-5-14(6-10-16)17(11-19-12-17)13-3-7-15(18)8-4-13/h3-10H,2,11-12,18H2,1H3. The van der Waals surface area contributed by atoms with E-state index in [0.29, 0.717) is 19.8 Å². The summed E-state index contributed by atoms with van der Waals surface area (Å²) < 4.78 is 11.0. The molecule has 3 nitrogen and oxygen atoms in total. The van der Waals surface area contributed by atoms with Crippen LogP contribution in [-0.2, 0) is 10.2 Å². The van der Waals surface area contributed by atoms with E-state index in [1.54, 1.807) is 0 Å². The second-order valence-corrected chi connectivity index (χ2v) is 5.15. The summed E-state index contributed by atoms with van der Waals surface area (Å²) in [5.74, 6) is 0.906. The van der Waals surface area contributed by atoms with Crippen molar-refractivity contribution in [3.63, 3.8) is 0 Å². The molecule has 3 heteroatoms. The Bertz CT molecular complexity index is 571. The number of rotatable bonds is 4. The van der Waals surface area contributed by atoms with Gasteiger partial charge < -0.3 is 15.2 Å². The number of ether oxygens (including phenoxy) is 2. The smallest absolute Gasteiger partial charge is 0.119 e. The van der Waals surface area contributed by atoms with Gasteiger partial charge in [-0.05, 0) is 42.3 Å². The first-order chi connectivity index (χ1) is 9.74. The van der Waals surface area contributed by atoms with Gasteiger partial charge in [0.15, 0.2) is 0 Å². The summed E-state index contributed by atoms with van der Waals surface area (Å²) in [4.78, 5) is 0. The van der Waals surface area contributed by atoms with Gasteiger partial charge in [-0.1, -0.05) is 24.3 Å². The molecule has 0 aliphatic carbocycles. The SMILES string of the molecule is CCOc1ccc(C2(c3ccc(N)cc3)COC2)cc1. The van der Waals surface area contributed by atoms with Crippen LogP contribution in [0.25, 0.3) is 0 Å². The number of benzene rings is 2. The lowest BCUT2D eigenvalue weighted by Crippen LogP contribution is -2.47. The number of hydrogen-bond acceptors (Lipinski definition) is 3. The zero-order valence-electron chi connectivity index (χ0n) is 11.6. The minimum absolute atomic E-state index is 0.0432. The largest absolute Gasteiger partial charge is 0.494 e. The zero-order valence-corrected chi connectivity index (χ0v) is 11.6. The van der Waals surface area contributed by atoms with Gasteiger partial charge in [-0.25, -0.2) is 0 Å². The van der Waals surface area contributed by atoms with Gasteiger partial charge in [0.2, 0.25) is 0 Å². The van der Waals surface area contributed by atoms with Crippen LogP contribution in [0.15, 0.2) is 48.5 Å². The Hall–Kier alpha value is -2.00. The van der Waals surface area contributed by atoms with E-state index in [2.05, 4.69) is 24.3 Å². The summed E-state index contributed by atoms with van der Waals surface area (Å²) in [5.41, 5.74) is 9.03. The Balaban J connectivity index is 1.94. The van der Waals surface area contributed by atoms with E-state index in [4.69, 9.17) is 15.2 Å². The first kappa shape index (κ1) is 13.0. The summed E-state index contributed by atoms with van der Waals surface area (Å²) >= 11 is 0. The molecule has 3 rings (SSSR count). The molecule has 1 aliphatic heterocycles. The summed E-state index contributed by atoms with van der Waals surface area (Å²) in [6, 6.07) is 16.4. The third-order valence-electron chi connectivity index (χ3n) is 3.88. The summed E-state index contributed by atoms with van der Waals surface area (Å²) in [7, 11) is 0. The topological polar surface area (TPSA) is 44.5 Å². The van der Waals surface area contributed by atoms with E-state index >= 15 is 0 Å². The predicted octanol–water partition coefficient (Wildman–Crippen LogP) is 2.98. The van der Waals surface area contributed by atoms with Gasteiger partial charge in [-0.3, -0.25) is 0 Å². The second-order valence-electron chi connectivity index (χ2n) is 5.15. The van der Waals surface area contributed by atoms with E-state index in [1.807, 2.05) is 31.2 Å². The molecule has 0 bridgehead atoms. The summed E-state index contributed by atoms with van der Waals surface area (Å²) in [6.07, 6.45) is 0. The lowest BCUT2D eigenvalue weighted by molar-refractivity contribution is -0.0380. The van der Waals surface area contributed by atoms with E-state index in [0.717, 1.165) is 11.4 Å². The monoisotopic (exact) mass is 269 g/mol. The lowest BCUT2D eigenvalue weighted by Gasteiger charge is -2.42. The number of hydrogen-bond donors (Lipinski definition) is 1. The van der Waals surface area contributed by atoms with E-state index in [-0.39, 0.29) is 5.41 Å². The number of nitrogen functional groups attached to an aromatic ring is 1. The highest BCUT2D eigenvalue weighted by Gasteiger charge is 2.41. The van der Waals surface area contributed by atoms with Crippen molar-refractivity contribution >= 4 is 5.69 Å². The predicted molar refractivity (Wildman–Crippen MR) is 80.1 cm³/mol. The molecule has 1 saturated heterocycles. The fourth-order valence-corrected chi connectivity index (χ4v) is 2.65. The first-order valence-corrected chi connectivity index (χ1v) is 6.92. The van der Waals surface area contributed by atoms with Gasteiger partial charge in [0.1, 0.15) is 5.75 Å². The fraction of sp³-hybridized carbons (Fsp3) is 0.294. The number of nitrogens with two attached hydrogens (primary N) is 1. The van der Waals surface area contributed by atoms with E-state index < -0.39 is 0 Å². The minimum Gasteiger partial charge on any atom is -0.494 e. The molecule has 0 spiro atoms. The van der Waals surface area contributed by atoms with Gasteiger partial charge in [0.05, 0.1) is 25.2 Å². The highest BCUT2D eigenvalue weighted by Crippen LogP contribution is 2.39. The zero-order chi connectivity index (χ0) is 14.0. The molecule has 0 radical (unpaired) electrons. The van der Waals surface area contributed by atoms with Crippen LogP contribution in [0.4, 0.5) is 5.69 Å². The lowest BCUT2D eigenvalue weighted by atomic mass is 9.73. The molecule has 0 saturated carbocycles. The molecule has 2 aromatic carbocycles. The Morgan fingerprint density at radius 1 is 1.00 bits per heavy atom. The molecule has 1 heterocycles. The molecular formula is C17H19NO2. The summed E-state index contributed by atoms with van der Waals surface area (Å²) in [5, 5.41) is 0.